The second-order valence-electron chi connectivity index (χ2n) is 4.04. The summed E-state index contributed by atoms with van der Waals surface area (Å²) in [6.07, 6.45) is 2.41. The quantitative estimate of drug-likeness (QED) is 0.718. The molecule has 92 valence electrons. The van der Waals surface area contributed by atoms with Crippen LogP contribution >= 0.6 is 0 Å². The Morgan fingerprint density at radius 3 is 2.35 bits per heavy atom. The maximum Gasteiger partial charge on any atom is 0.310 e. The highest BCUT2D eigenvalue weighted by atomic mass is 16.5. The van der Waals surface area contributed by atoms with Gasteiger partial charge < -0.3 is 13.9 Å². The number of carbonyl (C=O) groups excluding carboxylic acids is 2. The third kappa shape index (κ3) is 2.05. The standard InChI is InChI=1S/C12H14O5/c1-15-11(13)8-5-7-3-4-17-10(7)6-9(8)12(14)16-2/h3-4,8-9H,5-6H2,1-2H3/t8-,9+/m0/s1. The molecule has 1 aliphatic carbocycles. The summed E-state index contributed by atoms with van der Waals surface area (Å²) >= 11 is 0. The van der Waals surface area contributed by atoms with Crippen molar-refractivity contribution in [2.45, 2.75) is 12.8 Å². The van der Waals surface area contributed by atoms with Gasteiger partial charge in [-0.3, -0.25) is 9.59 Å². The van der Waals surface area contributed by atoms with Crippen molar-refractivity contribution in [2.75, 3.05) is 14.2 Å². The fourth-order valence-corrected chi connectivity index (χ4v) is 2.25. The summed E-state index contributed by atoms with van der Waals surface area (Å²) < 4.78 is 14.7. The topological polar surface area (TPSA) is 65.7 Å². The molecule has 0 amide bonds. The minimum Gasteiger partial charge on any atom is -0.469 e. The Morgan fingerprint density at radius 1 is 1.18 bits per heavy atom. The van der Waals surface area contributed by atoms with Gasteiger partial charge in [-0.05, 0) is 18.1 Å². The summed E-state index contributed by atoms with van der Waals surface area (Å²) in [6.45, 7) is 0. The van der Waals surface area contributed by atoms with Gasteiger partial charge in [0, 0.05) is 6.42 Å². The third-order valence-corrected chi connectivity index (χ3v) is 3.18. The molecule has 1 aliphatic rings. The van der Waals surface area contributed by atoms with Crippen LogP contribution in [0.5, 0.6) is 0 Å². The molecule has 2 rings (SSSR count). The van der Waals surface area contributed by atoms with Crippen molar-refractivity contribution in [3.8, 4) is 0 Å². The van der Waals surface area contributed by atoms with Crippen LogP contribution in [0.3, 0.4) is 0 Å². The number of esters is 2. The molecule has 0 saturated heterocycles. The van der Waals surface area contributed by atoms with E-state index in [9.17, 15) is 9.59 Å². The summed E-state index contributed by atoms with van der Waals surface area (Å²) in [5.41, 5.74) is 0.959. The molecule has 0 bridgehead atoms. The third-order valence-electron chi connectivity index (χ3n) is 3.18. The molecule has 5 heteroatoms. The SMILES string of the molecule is COC(=O)[C@H]1Cc2ccoc2C[C@H]1C(=O)OC. The Kier molecular flexibility index (Phi) is 3.17. The zero-order valence-corrected chi connectivity index (χ0v) is 9.76. The van der Waals surface area contributed by atoms with E-state index in [-0.39, 0.29) is 5.97 Å². The molecular weight excluding hydrogens is 224 g/mol. The second-order valence-corrected chi connectivity index (χ2v) is 4.04. The van der Waals surface area contributed by atoms with E-state index in [0.29, 0.717) is 12.8 Å². The number of methoxy groups -OCH3 is 2. The van der Waals surface area contributed by atoms with Gasteiger partial charge in [0.25, 0.3) is 0 Å². The molecule has 0 aromatic carbocycles. The van der Waals surface area contributed by atoms with Gasteiger partial charge >= 0.3 is 11.9 Å². The van der Waals surface area contributed by atoms with Gasteiger partial charge in [0.1, 0.15) is 5.76 Å². The lowest BCUT2D eigenvalue weighted by Crippen LogP contribution is -2.37. The number of hydrogen-bond donors (Lipinski definition) is 0. The maximum absolute atomic E-state index is 11.7. The van der Waals surface area contributed by atoms with Gasteiger partial charge in [0.2, 0.25) is 0 Å². The number of fused-ring (bicyclic) bond motifs is 1. The first-order valence-electron chi connectivity index (χ1n) is 5.38. The van der Waals surface area contributed by atoms with Crippen LogP contribution in [0.25, 0.3) is 0 Å². The lowest BCUT2D eigenvalue weighted by Gasteiger charge is -2.26. The Bertz CT molecular complexity index is 395. The van der Waals surface area contributed by atoms with Crippen molar-refractivity contribution in [3.05, 3.63) is 23.7 Å². The molecule has 0 spiro atoms. The van der Waals surface area contributed by atoms with Crippen LogP contribution in [-0.4, -0.2) is 26.2 Å². The van der Waals surface area contributed by atoms with Crippen molar-refractivity contribution in [1.29, 1.82) is 0 Å². The van der Waals surface area contributed by atoms with E-state index in [4.69, 9.17) is 13.9 Å². The van der Waals surface area contributed by atoms with Crippen molar-refractivity contribution in [3.63, 3.8) is 0 Å². The van der Waals surface area contributed by atoms with Crippen molar-refractivity contribution >= 4 is 11.9 Å². The average Bonchev–Trinajstić information content (AvgIpc) is 2.82. The molecule has 5 nitrogen and oxygen atoms in total. The summed E-state index contributed by atoms with van der Waals surface area (Å²) in [5.74, 6) is -1.04. The zero-order valence-electron chi connectivity index (χ0n) is 9.76. The molecule has 2 atom stereocenters. The van der Waals surface area contributed by atoms with Gasteiger partial charge in [0.15, 0.2) is 0 Å². The first kappa shape index (κ1) is 11.7. The largest absolute Gasteiger partial charge is 0.469 e. The fourth-order valence-electron chi connectivity index (χ4n) is 2.25. The van der Waals surface area contributed by atoms with E-state index < -0.39 is 17.8 Å². The summed E-state index contributed by atoms with van der Waals surface area (Å²) in [5, 5.41) is 0. The maximum atomic E-state index is 11.7. The fraction of sp³-hybridized carbons (Fsp3) is 0.500. The molecule has 1 aromatic rings. The van der Waals surface area contributed by atoms with Crippen LogP contribution in [0, 0.1) is 11.8 Å². The molecule has 0 saturated carbocycles. The molecule has 17 heavy (non-hydrogen) atoms. The zero-order chi connectivity index (χ0) is 12.4. The highest BCUT2D eigenvalue weighted by molar-refractivity contribution is 5.83. The van der Waals surface area contributed by atoms with E-state index >= 15 is 0 Å². The molecule has 0 N–H and O–H groups in total. The minimum atomic E-state index is -0.522. The molecule has 0 aliphatic heterocycles. The Morgan fingerprint density at radius 2 is 1.76 bits per heavy atom. The molecular formula is C12H14O5. The van der Waals surface area contributed by atoms with Gasteiger partial charge in [-0.25, -0.2) is 0 Å². The number of hydrogen-bond acceptors (Lipinski definition) is 5. The lowest BCUT2D eigenvalue weighted by molar-refractivity contribution is -0.158. The minimum absolute atomic E-state index is 0.382. The Hall–Kier alpha value is -1.78. The van der Waals surface area contributed by atoms with Crippen LogP contribution in [-0.2, 0) is 31.9 Å². The lowest BCUT2D eigenvalue weighted by atomic mass is 9.79. The summed E-state index contributed by atoms with van der Waals surface area (Å²) in [7, 11) is 2.63. The van der Waals surface area contributed by atoms with Crippen LogP contribution in [0.4, 0.5) is 0 Å². The molecule has 1 heterocycles. The van der Waals surface area contributed by atoms with Gasteiger partial charge in [-0.2, -0.15) is 0 Å². The first-order valence-corrected chi connectivity index (χ1v) is 5.38. The van der Waals surface area contributed by atoms with Crippen molar-refractivity contribution < 1.29 is 23.5 Å². The Balaban J connectivity index is 2.29. The first-order chi connectivity index (χ1) is 8.17. The Labute approximate surface area is 98.7 Å². The second kappa shape index (κ2) is 4.61. The normalized spacial score (nSPS) is 22.7. The van der Waals surface area contributed by atoms with Crippen LogP contribution in [0.15, 0.2) is 16.7 Å². The average molecular weight is 238 g/mol. The van der Waals surface area contributed by atoms with Crippen LogP contribution in [0.1, 0.15) is 11.3 Å². The van der Waals surface area contributed by atoms with E-state index in [2.05, 4.69) is 0 Å². The molecule has 1 aromatic heterocycles. The van der Waals surface area contributed by atoms with Crippen LogP contribution in [0.2, 0.25) is 0 Å². The van der Waals surface area contributed by atoms with Crippen molar-refractivity contribution in [1.82, 2.24) is 0 Å². The number of rotatable bonds is 2. The predicted octanol–water partition coefficient (Wildman–Crippen LogP) is 0.957. The molecule has 0 unspecified atom stereocenters. The van der Waals surface area contributed by atoms with E-state index in [1.165, 1.54) is 14.2 Å². The van der Waals surface area contributed by atoms with Crippen molar-refractivity contribution in [2.24, 2.45) is 11.8 Å². The van der Waals surface area contributed by atoms with E-state index in [0.717, 1.165) is 11.3 Å². The van der Waals surface area contributed by atoms with Gasteiger partial charge in [-0.1, -0.05) is 0 Å². The van der Waals surface area contributed by atoms with Gasteiger partial charge in [0.05, 0.1) is 32.3 Å². The smallest absolute Gasteiger partial charge is 0.310 e. The van der Waals surface area contributed by atoms with Gasteiger partial charge in [-0.15, -0.1) is 0 Å². The number of ether oxygens (including phenoxy) is 2. The monoisotopic (exact) mass is 238 g/mol. The highest BCUT2D eigenvalue weighted by Gasteiger charge is 2.40. The summed E-state index contributed by atoms with van der Waals surface area (Å²) in [4.78, 5) is 23.3. The van der Waals surface area contributed by atoms with Crippen LogP contribution < -0.4 is 0 Å². The number of carbonyl (C=O) groups is 2. The van der Waals surface area contributed by atoms with E-state index in [1.54, 1.807) is 6.26 Å². The molecule has 0 radical (unpaired) electrons. The predicted molar refractivity (Wildman–Crippen MR) is 57.1 cm³/mol. The summed E-state index contributed by atoms with van der Waals surface area (Å²) in [6, 6.07) is 1.82. The van der Waals surface area contributed by atoms with E-state index in [1.807, 2.05) is 6.07 Å². The number of furan rings is 1. The highest BCUT2D eigenvalue weighted by Crippen LogP contribution is 2.32. The molecule has 0 fully saturated rings.